The fraction of sp³-hybridized carbons (Fsp3) is 0.364. The number of hydrogen-bond donors (Lipinski definition) is 1. The number of hydrogen-bond acceptors (Lipinski definition) is 5. The molecule has 1 aromatic rings. The zero-order valence-corrected chi connectivity index (χ0v) is 9.94. The van der Waals surface area contributed by atoms with E-state index in [4.69, 9.17) is 10.5 Å². The van der Waals surface area contributed by atoms with Crippen molar-refractivity contribution in [2.24, 2.45) is 5.73 Å². The molecule has 0 aliphatic carbocycles. The Morgan fingerprint density at radius 3 is 2.71 bits per heavy atom. The number of ether oxygens (including phenoxy) is 1. The third-order valence-corrected chi connectivity index (χ3v) is 4.28. The van der Waals surface area contributed by atoms with Crippen LogP contribution in [0.25, 0.3) is 0 Å². The van der Waals surface area contributed by atoms with Gasteiger partial charge in [-0.05, 0) is 12.1 Å². The highest BCUT2D eigenvalue weighted by molar-refractivity contribution is 7.92. The van der Waals surface area contributed by atoms with Gasteiger partial charge < -0.3 is 10.5 Å². The van der Waals surface area contributed by atoms with E-state index in [0.717, 1.165) is 0 Å². The summed E-state index contributed by atoms with van der Waals surface area (Å²) in [4.78, 5) is 11.4. The second-order valence-electron chi connectivity index (χ2n) is 3.97. The first-order valence-corrected chi connectivity index (χ1v) is 7.03. The Labute approximate surface area is 99.5 Å². The number of sulfone groups is 1. The third kappa shape index (κ3) is 2.83. The van der Waals surface area contributed by atoms with Gasteiger partial charge in [0.05, 0.1) is 18.1 Å². The van der Waals surface area contributed by atoms with E-state index in [-0.39, 0.29) is 29.9 Å². The van der Waals surface area contributed by atoms with Gasteiger partial charge in [0.25, 0.3) is 0 Å². The molecular formula is C11H13NO4S. The first-order chi connectivity index (χ1) is 8.00. The SMILES string of the molecule is NCC(=O)c1cccc(OC2CS(=O)(=O)C2)c1. The van der Waals surface area contributed by atoms with Crippen molar-refractivity contribution in [2.75, 3.05) is 18.1 Å². The van der Waals surface area contributed by atoms with Gasteiger partial charge in [-0.2, -0.15) is 0 Å². The van der Waals surface area contributed by atoms with Crippen molar-refractivity contribution >= 4 is 15.6 Å². The quantitative estimate of drug-likeness (QED) is 0.765. The van der Waals surface area contributed by atoms with Crippen molar-refractivity contribution < 1.29 is 17.9 Å². The number of ketones is 1. The molecule has 1 aliphatic rings. The molecule has 0 aromatic heterocycles. The topological polar surface area (TPSA) is 86.5 Å². The summed E-state index contributed by atoms with van der Waals surface area (Å²) < 4.78 is 27.4. The molecule has 1 aromatic carbocycles. The van der Waals surface area contributed by atoms with Crippen molar-refractivity contribution in [3.8, 4) is 5.75 Å². The van der Waals surface area contributed by atoms with Crippen LogP contribution in [0.3, 0.4) is 0 Å². The Hall–Kier alpha value is -1.40. The van der Waals surface area contributed by atoms with Crippen molar-refractivity contribution in [2.45, 2.75) is 6.10 Å². The second kappa shape index (κ2) is 4.46. The maximum atomic E-state index is 11.4. The van der Waals surface area contributed by atoms with Gasteiger partial charge >= 0.3 is 0 Å². The predicted molar refractivity (Wildman–Crippen MR) is 62.9 cm³/mol. The Morgan fingerprint density at radius 2 is 2.12 bits per heavy atom. The van der Waals surface area contributed by atoms with Crippen molar-refractivity contribution in [3.63, 3.8) is 0 Å². The van der Waals surface area contributed by atoms with Gasteiger partial charge in [0.1, 0.15) is 11.9 Å². The molecule has 0 radical (unpaired) electrons. The minimum Gasteiger partial charge on any atom is -0.488 e. The van der Waals surface area contributed by atoms with E-state index >= 15 is 0 Å². The standard InChI is InChI=1S/C11H13NO4S/c12-5-11(13)8-2-1-3-9(4-8)16-10-6-17(14,15)7-10/h1-4,10H,5-7,12H2. The normalized spacial score (nSPS) is 18.4. The first-order valence-electron chi connectivity index (χ1n) is 5.20. The molecule has 1 heterocycles. The molecule has 6 heteroatoms. The largest absolute Gasteiger partial charge is 0.488 e. The van der Waals surface area contributed by atoms with Gasteiger partial charge in [-0.1, -0.05) is 12.1 Å². The van der Waals surface area contributed by atoms with E-state index in [1.807, 2.05) is 0 Å². The highest BCUT2D eigenvalue weighted by Gasteiger charge is 2.35. The van der Waals surface area contributed by atoms with E-state index < -0.39 is 9.84 Å². The van der Waals surface area contributed by atoms with Crippen LogP contribution in [-0.4, -0.2) is 38.4 Å². The highest BCUT2D eigenvalue weighted by Crippen LogP contribution is 2.20. The van der Waals surface area contributed by atoms with E-state index in [0.29, 0.717) is 11.3 Å². The summed E-state index contributed by atoms with van der Waals surface area (Å²) in [5.41, 5.74) is 5.74. The fourth-order valence-corrected chi connectivity index (χ4v) is 2.81. The van der Waals surface area contributed by atoms with Crippen molar-refractivity contribution in [1.29, 1.82) is 0 Å². The molecule has 0 spiro atoms. The summed E-state index contributed by atoms with van der Waals surface area (Å²) in [6.07, 6.45) is -0.303. The van der Waals surface area contributed by atoms with Crippen molar-refractivity contribution in [3.05, 3.63) is 29.8 Å². The lowest BCUT2D eigenvalue weighted by Crippen LogP contribution is -2.45. The number of carbonyl (C=O) groups is 1. The van der Waals surface area contributed by atoms with E-state index in [1.165, 1.54) is 0 Å². The van der Waals surface area contributed by atoms with E-state index in [9.17, 15) is 13.2 Å². The molecular weight excluding hydrogens is 242 g/mol. The highest BCUT2D eigenvalue weighted by atomic mass is 32.2. The van der Waals surface area contributed by atoms with Crippen LogP contribution in [0.2, 0.25) is 0 Å². The maximum absolute atomic E-state index is 11.4. The van der Waals surface area contributed by atoms with Gasteiger partial charge in [-0.25, -0.2) is 8.42 Å². The van der Waals surface area contributed by atoms with Crippen LogP contribution in [0.15, 0.2) is 24.3 Å². The summed E-state index contributed by atoms with van der Waals surface area (Å²) in [7, 11) is -2.89. The minimum absolute atomic E-state index is 0.0437. The van der Waals surface area contributed by atoms with Gasteiger partial charge in [0.15, 0.2) is 15.6 Å². The Morgan fingerprint density at radius 1 is 1.41 bits per heavy atom. The number of benzene rings is 1. The molecule has 0 unspecified atom stereocenters. The maximum Gasteiger partial charge on any atom is 0.176 e. The lowest BCUT2D eigenvalue weighted by Gasteiger charge is -2.26. The number of rotatable bonds is 4. The zero-order valence-electron chi connectivity index (χ0n) is 9.13. The van der Waals surface area contributed by atoms with Crippen LogP contribution in [0.5, 0.6) is 5.75 Å². The van der Waals surface area contributed by atoms with Crippen LogP contribution < -0.4 is 10.5 Å². The Balaban J connectivity index is 2.05. The average Bonchev–Trinajstić information content (AvgIpc) is 2.26. The van der Waals surface area contributed by atoms with Crippen molar-refractivity contribution in [1.82, 2.24) is 0 Å². The Bertz CT molecular complexity index is 526. The summed E-state index contributed by atoms with van der Waals surface area (Å²) >= 11 is 0. The second-order valence-corrected chi connectivity index (χ2v) is 6.13. The lowest BCUT2D eigenvalue weighted by atomic mass is 10.1. The molecule has 2 N–H and O–H groups in total. The minimum atomic E-state index is -2.89. The molecule has 17 heavy (non-hydrogen) atoms. The molecule has 0 atom stereocenters. The predicted octanol–water partition coefficient (Wildman–Crippen LogP) is 0.00380. The fourth-order valence-electron chi connectivity index (χ4n) is 1.64. The number of carbonyl (C=O) groups excluding carboxylic acids is 1. The molecule has 1 fully saturated rings. The first kappa shape index (κ1) is 12.1. The Kier molecular flexibility index (Phi) is 3.17. The van der Waals surface area contributed by atoms with Gasteiger partial charge in [0, 0.05) is 5.56 Å². The van der Waals surface area contributed by atoms with Gasteiger partial charge in [0.2, 0.25) is 0 Å². The van der Waals surface area contributed by atoms with Crippen LogP contribution in [-0.2, 0) is 9.84 Å². The summed E-state index contributed by atoms with van der Waals surface area (Å²) in [5.74, 6) is 0.422. The summed E-state index contributed by atoms with van der Waals surface area (Å²) in [5, 5.41) is 0. The van der Waals surface area contributed by atoms with Crippen LogP contribution >= 0.6 is 0 Å². The summed E-state index contributed by atoms with van der Waals surface area (Å²) in [6, 6.07) is 6.61. The summed E-state index contributed by atoms with van der Waals surface area (Å²) in [6.45, 7) is -0.0543. The monoisotopic (exact) mass is 255 g/mol. The smallest absolute Gasteiger partial charge is 0.176 e. The van der Waals surface area contributed by atoms with Gasteiger partial charge in [-0.15, -0.1) is 0 Å². The van der Waals surface area contributed by atoms with Gasteiger partial charge in [-0.3, -0.25) is 4.79 Å². The van der Waals surface area contributed by atoms with Crippen LogP contribution in [0, 0.1) is 0 Å². The lowest BCUT2D eigenvalue weighted by molar-refractivity contribution is 0.100. The zero-order chi connectivity index (χ0) is 12.5. The molecule has 92 valence electrons. The van der Waals surface area contributed by atoms with E-state index in [1.54, 1.807) is 24.3 Å². The molecule has 5 nitrogen and oxygen atoms in total. The molecule has 1 saturated heterocycles. The van der Waals surface area contributed by atoms with Crippen LogP contribution in [0.1, 0.15) is 10.4 Å². The molecule has 0 saturated carbocycles. The molecule has 0 bridgehead atoms. The molecule has 1 aliphatic heterocycles. The average molecular weight is 255 g/mol. The van der Waals surface area contributed by atoms with E-state index in [2.05, 4.69) is 0 Å². The molecule has 0 amide bonds. The molecule has 2 rings (SSSR count). The number of nitrogens with two attached hydrogens (primary N) is 1. The number of Topliss-reactive ketones (excluding diaryl/α,β-unsaturated/α-hetero) is 1. The van der Waals surface area contributed by atoms with Crippen LogP contribution in [0.4, 0.5) is 0 Å². The third-order valence-electron chi connectivity index (χ3n) is 2.52.